The van der Waals surface area contributed by atoms with Crippen LogP contribution in [0.3, 0.4) is 0 Å². The number of nitrogens with zero attached hydrogens (tertiary/aromatic N) is 1. The van der Waals surface area contributed by atoms with E-state index in [0.29, 0.717) is 0 Å². The van der Waals surface area contributed by atoms with Crippen LogP contribution in [0, 0.1) is 0 Å². The number of piperidine rings is 1. The van der Waals surface area contributed by atoms with Gasteiger partial charge in [-0.05, 0) is 19.8 Å². The Morgan fingerprint density at radius 1 is 1.41 bits per heavy atom. The number of rotatable bonds is 3. The lowest BCUT2D eigenvalue weighted by Gasteiger charge is -2.38. The van der Waals surface area contributed by atoms with Gasteiger partial charge in [0.2, 0.25) is 0 Å². The number of halogens is 3. The monoisotopic (exact) mass is 255 g/mol. The van der Waals surface area contributed by atoms with Crippen LogP contribution in [0.5, 0.6) is 0 Å². The summed E-state index contributed by atoms with van der Waals surface area (Å²) in [5.74, 6) is -0.454. The number of carbonyl (C=O) groups excluding carboxylic acids is 1. The lowest BCUT2D eigenvalue weighted by molar-refractivity contribution is -0.272. The van der Waals surface area contributed by atoms with E-state index in [9.17, 15) is 23.1 Å². The molecule has 1 N–H and O–H groups in total. The van der Waals surface area contributed by atoms with Gasteiger partial charge in [-0.1, -0.05) is 0 Å². The number of likely N-dealkylation sites (tertiary alicyclic amines) is 1. The summed E-state index contributed by atoms with van der Waals surface area (Å²) in [6.45, 7) is 1.96. The van der Waals surface area contributed by atoms with Crippen molar-refractivity contribution in [1.82, 2.24) is 4.90 Å². The van der Waals surface area contributed by atoms with Crippen molar-refractivity contribution in [1.29, 1.82) is 0 Å². The number of hydrogen-bond donors (Lipinski definition) is 1. The van der Waals surface area contributed by atoms with Crippen LogP contribution in [-0.2, 0) is 9.53 Å². The van der Waals surface area contributed by atoms with Crippen LogP contribution in [0.25, 0.3) is 0 Å². The SMILES string of the molecule is CCOC(=O)CN1CCC(O)(C(F)(F)F)CC1. The van der Waals surface area contributed by atoms with Gasteiger partial charge < -0.3 is 9.84 Å². The second-order valence-corrected chi connectivity index (χ2v) is 4.11. The molecule has 0 saturated carbocycles. The molecule has 0 spiro atoms. The molecule has 1 saturated heterocycles. The topological polar surface area (TPSA) is 49.8 Å². The summed E-state index contributed by atoms with van der Waals surface area (Å²) in [6, 6.07) is 0. The third-order valence-corrected chi connectivity index (χ3v) is 2.87. The Bertz CT molecular complexity index is 272. The predicted octanol–water partition coefficient (Wildman–Crippen LogP) is 0.939. The Labute approximate surface area is 97.3 Å². The molecule has 1 aliphatic rings. The van der Waals surface area contributed by atoms with Crippen molar-refractivity contribution in [3.63, 3.8) is 0 Å². The molecule has 0 amide bonds. The van der Waals surface area contributed by atoms with E-state index in [1.54, 1.807) is 11.8 Å². The zero-order valence-corrected chi connectivity index (χ0v) is 9.59. The first-order valence-electron chi connectivity index (χ1n) is 5.45. The fourth-order valence-electron chi connectivity index (χ4n) is 1.75. The van der Waals surface area contributed by atoms with E-state index in [2.05, 4.69) is 0 Å². The van der Waals surface area contributed by atoms with Crippen molar-refractivity contribution >= 4 is 5.97 Å². The maximum absolute atomic E-state index is 12.5. The molecule has 100 valence electrons. The summed E-state index contributed by atoms with van der Waals surface area (Å²) >= 11 is 0. The third-order valence-electron chi connectivity index (χ3n) is 2.87. The molecular weight excluding hydrogens is 239 g/mol. The van der Waals surface area contributed by atoms with Crippen LogP contribution >= 0.6 is 0 Å². The molecule has 1 heterocycles. The number of carbonyl (C=O) groups is 1. The fraction of sp³-hybridized carbons (Fsp3) is 0.900. The van der Waals surface area contributed by atoms with E-state index in [0.717, 1.165) is 0 Å². The molecule has 0 atom stereocenters. The van der Waals surface area contributed by atoms with Crippen LogP contribution in [-0.4, -0.2) is 54.0 Å². The number of esters is 1. The minimum Gasteiger partial charge on any atom is -0.465 e. The summed E-state index contributed by atoms with van der Waals surface area (Å²) < 4.78 is 42.1. The van der Waals surface area contributed by atoms with Gasteiger partial charge in [-0.15, -0.1) is 0 Å². The van der Waals surface area contributed by atoms with E-state index < -0.39 is 30.6 Å². The summed E-state index contributed by atoms with van der Waals surface area (Å²) in [5.41, 5.74) is -2.61. The van der Waals surface area contributed by atoms with Gasteiger partial charge in [0, 0.05) is 13.1 Å². The summed E-state index contributed by atoms with van der Waals surface area (Å²) in [5, 5.41) is 9.40. The predicted molar refractivity (Wildman–Crippen MR) is 53.3 cm³/mol. The lowest BCUT2D eigenvalue weighted by Crippen LogP contribution is -2.54. The highest BCUT2D eigenvalue weighted by Crippen LogP contribution is 2.38. The molecule has 0 unspecified atom stereocenters. The van der Waals surface area contributed by atoms with Crippen LogP contribution in [0.2, 0.25) is 0 Å². The van der Waals surface area contributed by atoms with Gasteiger partial charge in [0.05, 0.1) is 13.2 Å². The number of alkyl halides is 3. The van der Waals surface area contributed by atoms with Crippen LogP contribution in [0.15, 0.2) is 0 Å². The molecule has 1 rings (SSSR count). The lowest BCUT2D eigenvalue weighted by atomic mass is 9.91. The molecule has 0 bridgehead atoms. The van der Waals surface area contributed by atoms with Gasteiger partial charge in [-0.2, -0.15) is 13.2 Å². The molecule has 0 radical (unpaired) electrons. The first-order valence-corrected chi connectivity index (χ1v) is 5.45. The third kappa shape index (κ3) is 3.57. The molecule has 7 heteroatoms. The van der Waals surface area contributed by atoms with Crippen LogP contribution in [0.1, 0.15) is 19.8 Å². The number of hydrogen-bond acceptors (Lipinski definition) is 4. The summed E-state index contributed by atoms with van der Waals surface area (Å²) in [6.07, 6.45) is -5.42. The van der Waals surface area contributed by atoms with E-state index in [1.165, 1.54) is 0 Å². The highest BCUT2D eigenvalue weighted by atomic mass is 19.4. The fourth-order valence-corrected chi connectivity index (χ4v) is 1.75. The molecular formula is C10H16F3NO3. The van der Waals surface area contributed by atoms with Crippen molar-refractivity contribution in [2.24, 2.45) is 0 Å². The van der Waals surface area contributed by atoms with Gasteiger partial charge in [0.15, 0.2) is 5.60 Å². The Morgan fingerprint density at radius 3 is 2.35 bits per heavy atom. The molecule has 1 aliphatic heterocycles. The average molecular weight is 255 g/mol. The number of ether oxygens (including phenoxy) is 1. The summed E-state index contributed by atoms with van der Waals surface area (Å²) in [7, 11) is 0. The molecule has 0 aliphatic carbocycles. The van der Waals surface area contributed by atoms with Crippen LogP contribution < -0.4 is 0 Å². The normalized spacial score (nSPS) is 21.2. The van der Waals surface area contributed by atoms with E-state index in [4.69, 9.17) is 4.74 Å². The largest absolute Gasteiger partial charge is 0.465 e. The minimum atomic E-state index is -4.61. The Morgan fingerprint density at radius 2 is 1.94 bits per heavy atom. The maximum Gasteiger partial charge on any atom is 0.417 e. The zero-order valence-electron chi connectivity index (χ0n) is 9.59. The zero-order chi connectivity index (χ0) is 13.1. The quantitative estimate of drug-likeness (QED) is 0.762. The first kappa shape index (κ1) is 14.2. The molecule has 0 aromatic carbocycles. The molecule has 17 heavy (non-hydrogen) atoms. The molecule has 1 fully saturated rings. The van der Waals surface area contributed by atoms with E-state index in [-0.39, 0.29) is 26.2 Å². The summed E-state index contributed by atoms with van der Waals surface area (Å²) in [4.78, 5) is 12.7. The van der Waals surface area contributed by atoms with Crippen molar-refractivity contribution < 1.29 is 27.8 Å². The van der Waals surface area contributed by atoms with Gasteiger partial charge in [-0.3, -0.25) is 9.69 Å². The second-order valence-electron chi connectivity index (χ2n) is 4.11. The van der Waals surface area contributed by atoms with Gasteiger partial charge in [0.25, 0.3) is 0 Å². The van der Waals surface area contributed by atoms with Gasteiger partial charge in [-0.25, -0.2) is 0 Å². The average Bonchev–Trinajstić information content (AvgIpc) is 2.20. The van der Waals surface area contributed by atoms with E-state index in [1.807, 2.05) is 0 Å². The number of aliphatic hydroxyl groups is 1. The molecule has 0 aromatic heterocycles. The van der Waals surface area contributed by atoms with Crippen LogP contribution in [0.4, 0.5) is 13.2 Å². The smallest absolute Gasteiger partial charge is 0.417 e. The van der Waals surface area contributed by atoms with Gasteiger partial charge >= 0.3 is 12.1 Å². The highest BCUT2D eigenvalue weighted by Gasteiger charge is 2.54. The van der Waals surface area contributed by atoms with E-state index >= 15 is 0 Å². The first-order chi connectivity index (χ1) is 7.78. The van der Waals surface area contributed by atoms with Crippen molar-refractivity contribution in [3.05, 3.63) is 0 Å². The minimum absolute atomic E-state index is 0.0260. The maximum atomic E-state index is 12.5. The Balaban J connectivity index is 2.43. The van der Waals surface area contributed by atoms with Gasteiger partial charge in [0.1, 0.15) is 0 Å². The second kappa shape index (κ2) is 5.22. The van der Waals surface area contributed by atoms with Crippen molar-refractivity contribution in [2.75, 3.05) is 26.2 Å². The molecule has 4 nitrogen and oxygen atoms in total. The Hall–Kier alpha value is -0.820. The molecule has 0 aromatic rings. The van der Waals surface area contributed by atoms with Crippen molar-refractivity contribution in [3.8, 4) is 0 Å². The van der Waals surface area contributed by atoms with Crippen molar-refractivity contribution in [2.45, 2.75) is 31.5 Å². The highest BCUT2D eigenvalue weighted by molar-refractivity contribution is 5.71. The Kier molecular flexibility index (Phi) is 4.37. The standard InChI is InChI=1S/C10H16F3NO3/c1-2-17-8(15)7-14-5-3-9(16,4-6-14)10(11,12)13/h16H,2-7H2,1H3.